The van der Waals surface area contributed by atoms with E-state index in [-0.39, 0.29) is 35.8 Å². The molecule has 23 heavy (non-hydrogen) atoms. The molecule has 2 unspecified atom stereocenters. The lowest BCUT2D eigenvalue weighted by atomic mass is 10.1. The zero-order valence-electron chi connectivity index (χ0n) is 12.5. The maximum atomic E-state index is 12.5. The first kappa shape index (κ1) is 19.8. The summed E-state index contributed by atoms with van der Waals surface area (Å²) in [6, 6.07) is 4.65. The Kier molecular flexibility index (Phi) is 6.49. The second-order valence-electron chi connectivity index (χ2n) is 5.47. The highest BCUT2D eigenvalue weighted by Gasteiger charge is 2.32. The summed E-state index contributed by atoms with van der Waals surface area (Å²) in [5.74, 6) is -3.47. The first-order chi connectivity index (χ1) is 10.3. The minimum absolute atomic E-state index is 0. The molecule has 1 aromatic rings. The molecule has 0 spiro atoms. The number of carbonyl (C=O) groups excluding carboxylic acids is 1. The fraction of sp³-hybridized carbons (Fsp3) is 0.500. The summed E-state index contributed by atoms with van der Waals surface area (Å²) in [6.45, 7) is 2.97. The first-order valence-corrected chi connectivity index (χ1v) is 8.45. The Hall–Kier alpha value is -1.25. The van der Waals surface area contributed by atoms with Crippen molar-refractivity contribution < 1.29 is 22.0 Å². The van der Waals surface area contributed by atoms with Crippen molar-refractivity contribution in [3.05, 3.63) is 29.8 Å². The molecule has 1 saturated heterocycles. The van der Waals surface area contributed by atoms with Crippen LogP contribution < -0.4 is 5.73 Å². The number of rotatable bonds is 4. The van der Waals surface area contributed by atoms with E-state index >= 15 is 0 Å². The van der Waals surface area contributed by atoms with Gasteiger partial charge in [0, 0.05) is 18.2 Å². The summed E-state index contributed by atoms with van der Waals surface area (Å²) in [7, 11) is -4.64. The van der Waals surface area contributed by atoms with Crippen LogP contribution >= 0.6 is 12.4 Å². The van der Waals surface area contributed by atoms with Gasteiger partial charge in [0.2, 0.25) is 9.84 Å². The quantitative estimate of drug-likeness (QED) is 0.880. The maximum absolute atomic E-state index is 12.5. The average Bonchev–Trinajstić information content (AvgIpc) is 2.87. The van der Waals surface area contributed by atoms with Crippen molar-refractivity contribution in [2.45, 2.75) is 30.0 Å². The van der Waals surface area contributed by atoms with E-state index in [2.05, 4.69) is 0 Å². The fourth-order valence-electron chi connectivity index (χ4n) is 2.65. The highest BCUT2D eigenvalue weighted by Crippen LogP contribution is 2.25. The van der Waals surface area contributed by atoms with Gasteiger partial charge < -0.3 is 10.6 Å². The summed E-state index contributed by atoms with van der Waals surface area (Å²) < 4.78 is 47.6. The van der Waals surface area contributed by atoms with Crippen LogP contribution in [-0.4, -0.2) is 44.1 Å². The van der Waals surface area contributed by atoms with E-state index < -0.39 is 20.5 Å². The standard InChI is InChI=1S/C14H18F2N2O3S.ClH/c1-9-6-10(7-17)8-18(9)13(19)11-2-4-12(5-3-11)22(20,21)14(15)16;/h2-5,9-10,14H,6-8,17H2,1H3;1H. The molecule has 1 fully saturated rings. The highest BCUT2D eigenvalue weighted by molar-refractivity contribution is 7.91. The summed E-state index contributed by atoms with van der Waals surface area (Å²) >= 11 is 0. The molecule has 1 aliphatic heterocycles. The minimum atomic E-state index is -4.64. The second kappa shape index (κ2) is 7.55. The van der Waals surface area contributed by atoms with E-state index in [1.54, 1.807) is 4.90 Å². The average molecular weight is 369 g/mol. The lowest BCUT2D eigenvalue weighted by molar-refractivity contribution is 0.0743. The normalized spacial score (nSPS) is 21.3. The van der Waals surface area contributed by atoms with Crippen molar-refractivity contribution in [1.29, 1.82) is 0 Å². The molecule has 0 aromatic heterocycles. The van der Waals surface area contributed by atoms with Gasteiger partial charge in [0.05, 0.1) is 4.90 Å². The van der Waals surface area contributed by atoms with E-state index in [1.807, 2.05) is 6.92 Å². The van der Waals surface area contributed by atoms with Gasteiger partial charge in [-0.05, 0) is 50.1 Å². The number of benzene rings is 1. The summed E-state index contributed by atoms with van der Waals surface area (Å²) in [4.78, 5) is 13.6. The number of hydrogen-bond acceptors (Lipinski definition) is 4. The van der Waals surface area contributed by atoms with E-state index in [0.29, 0.717) is 13.1 Å². The molecule has 130 valence electrons. The monoisotopic (exact) mass is 368 g/mol. The summed E-state index contributed by atoms with van der Waals surface area (Å²) in [5.41, 5.74) is 5.89. The zero-order chi connectivity index (χ0) is 16.5. The van der Waals surface area contributed by atoms with Gasteiger partial charge in [0.15, 0.2) is 0 Å². The molecule has 5 nitrogen and oxygen atoms in total. The molecule has 2 N–H and O–H groups in total. The third-order valence-electron chi connectivity index (χ3n) is 3.92. The molecular formula is C14H19ClF2N2O3S. The number of nitrogens with zero attached hydrogens (tertiary/aromatic N) is 1. The van der Waals surface area contributed by atoms with Crippen molar-refractivity contribution >= 4 is 28.2 Å². The highest BCUT2D eigenvalue weighted by atomic mass is 35.5. The molecule has 0 saturated carbocycles. The van der Waals surface area contributed by atoms with Gasteiger partial charge in [0.25, 0.3) is 5.91 Å². The molecule has 1 heterocycles. The number of alkyl halides is 2. The topological polar surface area (TPSA) is 80.5 Å². The van der Waals surface area contributed by atoms with Crippen LogP contribution in [0.2, 0.25) is 0 Å². The molecule has 0 radical (unpaired) electrons. The fourth-order valence-corrected chi connectivity index (χ4v) is 3.37. The Morgan fingerprint density at radius 3 is 2.35 bits per heavy atom. The molecule has 0 aliphatic carbocycles. The molecule has 2 atom stereocenters. The van der Waals surface area contributed by atoms with Gasteiger partial charge in [0.1, 0.15) is 0 Å². The van der Waals surface area contributed by atoms with Crippen LogP contribution in [0.1, 0.15) is 23.7 Å². The predicted octanol–water partition coefficient (Wildman–Crippen LogP) is 1.91. The van der Waals surface area contributed by atoms with Crippen LogP contribution in [0.4, 0.5) is 8.78 Å². The summed E-state index contributed by atoms with van der Waals surface area (Å²) in [5, 5.41) is 0. The molecular weight excluding hydrogens is 350 g/mol. The van der Waals surface area contributed by atoms with Crippen LogP contribution in [0.15, 0.2) is 29.2 Å². The molecule has 1 aromatic carbocycles. The van der Waals surface area contributed by atoms with E-state index in [9.17, 15) is 22.0 Å². The number of amides is 1. The van der Waals surface area contributed by atoms with Crippen LogP contribution in [0.25, 0.3) is 0 Å². The number of hydrogen-bond donors (Lipinski definition) is 1. The van der Waals surface area contributed by atoms with Crippen LogP contribution in [0.5, 0.6) is 0 Å². The Balaban J connectivity index is 0.00000264. The van der Waals surface area contributed by atoms with Crippen LogP contribution in [0.3, 0.4) is 0 Å². The molecule has 1 amide bonds. The van der Waals surface area contributed by atoms with Crippen LogP contribution in [0, 0.1) is 5.92 Å². The number of halogens is 3. The predicted molar refractivity (Wildman–Crippen MR) is 84.5 cm³/mol. The van der Waals surface area contributed by atoms with Crippen LogP contribution in [-0.2, 0) is 9.84 Å². The zero-order valence-corrected chi connectivity index (χ0v) is 14.1. The van der Waals surface area contributed by atoms with Gasteiger partial charge in [-0.15, -0.1) is 12.4 Å². The number of nitrogens with two attached hydrogens (primary N) is 1. The third kappa shape index (κ3) is 3.99. The van der Waals surface area contributed by atoms with Crippen molar-refractivity contribution in [1.82, 2.24) is 4.90 Å². The number of likely N-dealkylation sites (tertiary alicyclic amines) is 1. The molecule has 0 bridgehead atoms. The van der Waals surface area contributed by atoms with Gasteiger partial charge in [-0.1, -0.05) is 0 Å². The molecule has 2 rings (SSSR count). The van der Waals surface area contributed by atoms with E-state index in [1.165, 1.54) is 12.1 Å². The van der Waals surface area contributed by atoms with Gasteiger partial charge >= 0.3 is 5.76 Å². The smallest absolute Gasteiger partial charge is 0.336 e. The number of carbonyl (C=O) groups is 1. The Bertz CT molecular complexity index is 652. The van der Waals surface area contributed by atoms with Crippen molar-refractivity contribution in [2.75, 3.05) is 13.1 Å². The largest absolute Gasteiger partial charge is 0.341 e. The Labute approximate surface area is 140 Å². The van der Waals surface area contributed by atoms with Gasteiger partial charge in [-0.25, -0.2) is 8.42 Å². The molecule has 9 heteroatoms. The minimum Gasteiger partial charge on any atom is -0.336 e. The lowest BCUT2D eigenvalue weighted by Gasteiger charge is -2.21. The van der Waals surface area contributed by atoms with Crippen molar-refractivity contribution in [2.24, 2.45) is 11.7 Å². The number of sulfone groups is 1. The molecule has 1 aliphatic rings. The maximum Gasteiger partial charge on any atom is 0.341 e. The first-order valence-electron chi connectivity index (χ1n) is 6.90. The lowest BCUT2D eigenvalue weighted by Crippen LogP contribution is -2.34. The Morgan fingerprint density at radius 2 is 1.91 bits per heavy atom. The Morgan fingerprint density at radius 1 is 1.35 bits per heavy atom. The van der Waals surface area contributed by atoms with Gasteiger partial charge in [-0.2, -0.15) is 8.78 Å². The van der Waals surface area contributed by atoms with Crippen molar-refractivity contribution in [3.8, 4) is 0 Å². The second-order valence-corrected chi connectivity index (χ2v) is 7.39. The summed E-state index contributed by atoms with van der Waals surface area (Å²) in [6.07, 6.45) is 0.820. The van der Waals surface area contributed by atoms with E-state index in [4.69, 9.17) is 5.73 Å². The third-order valence-corrected chi connectivity index (χ3v) is 5.32. The van der Waals surface area contributed by atoms with E-state index in [0.717, 1.165) is 18.6 Å². The van der Waals surface area contributed by atoms with Crippen molar-refractivity contribution in [3.63, 3.8) is 0 Å². The van der Waals surface area contributed by atoms with Gasteiger partial charge in [-0.3, -0.25) is 4.79 Å². The SMILES string of the molecule is CC1CC(CN)CN1C(=O)c1ccc(S(=O)(=O)C(F)F)cc1.Cl.